The first-order valence-electron chi connectivity index (χ1n) is 9.33. The monoisotopic (exact) mass is 373 g/mol. The summed E-state index contributed by atoms with van der Waals surface area (Å²) >= 11 is 0. The highest BCUT2D eigenvalue weighted by Crippen LogP contribution is 1.96. The first-order valence-corrected chi connectivity index (χ1v) is 9.33. The fourth-order valence-corrected chi connectivity index (χ4v) is 1.69. The predicted molar refractivity (Wildman–Crippen MR) is 99.1 cm³/mol. The highest BCUT2D eigenvalue weighted by molar-refractivity contribution is 5.75. The van der Waals surface area contributed by atoms with Crippen LogP contribution in [0, 0.1) is 0 Å². The van der Waals surface area contributed by atoms with Gasteiger partial charge in [-0.05, 0) is 13.3 Å². The number of nitrogens with zero attached hydrogens (tertiary/aromatic N) is 3. The van der Waals surface area contributed by atoms with Crippen LogP contribution in [0.5, 0.6) is 0 Å². The lowest BCUT2D eigenvalue weighted by Crippen LogP contribution is -2.12. The normalized spacial score (nSPS) is 10.5. The molecule has 0 aromatic carbocycles. The third-order valence-corrected chi connectivity index (χ3v) is 2.69. The highest BCUT2D eigenvalue weighted by Gasteiger charge is 2.02. The van der Waals surface area contributed by atoms with Gasteiger partial charge < -0.3 is 18.9 Å². The van der Waals surface area contributed by atoms with Crippen molar-refractivity contribution in [2.45, 2.75) is 53.7 Å². The molecule has 0 N–H and O–H groups in total. The molecule has 0 amide bonds. The van der Waals surface area contributed by atoms with E-state index in [0.29, 0.717) is 51.9 Å². The van der Waals surface area contributed by atoms with Gasteiger partial charge in [-0.25, -0.2) is 4.68 Å². The Morgan fingerprint density at radius 1 is 0.923 bits per heavy atom. The molecule has 0 radical (unpaired) electrons. The summed E-state index contributed by atoms with van der Waals surface area (Å²) in [7, 11) is 0. The Hall–Kier alpha value is -1.35. The van der Waals surface area contributed by atoms with E-state index in [2.05, 4.69) is 31.1 Å². The molecule has 1 aromatic rings. The molecular formula is C18H35N3O5. The second kappa shape index (κ2) is 18.4. The van der Waals surface area contributed by atoms with E-state index in [1.807, 2.05) is 0 Å². The number of ether oxygens (including phenoxy) is 4. The van der Waals surface area contributed by atoms with Gasteiger partial charge in [0, 0.05) is 6.61 Å². The molecule has 8 heteroatoms. The highest BCUT2D eigenvalue weighted by atomic mass is 16.6. The van der Waals surface area contributed by atoms with Gasteiger partial charge in [0.2, 0.25) is 0 Å². The van der Waals surface area contributed by atoms with Gasteiger partial charge in [-0.1, -0.05) is 32.4 Å². The first kappa shape index (κ1) is 24.7. The Bertz CT molecular complexity index is 440. The van der Waals surface area contributed by atoms with Gasteiger partial charge in [0.25, 0.3) is 0 Å². The van der Waals surface area contributed by atoms with Gasteiger partial charge in [-0.2, -0.15) is 0 Å². The van der Waals surface area contributed by atoms with E-state index in [1.54, 1.807) is 6.20 Å². The van der Waals surface area contributed by atoms with E-state index >= 15 is 0 Å². The molecule has 1 aromatic heterocycles. The molecule has 0 saturated heterocycles. The first-order chi connectivity index (χ1) is 12.6. The summed E-state index contributed by atoms with van der Waals surface area (Å²) in [6.45, 7) is 12.5. The van der Waals surface area contributed by atoms with Crippen molar-refractivity contribution in [3.8, 4) is 0 Å². The van der Waals surface area contributed by atoms with Crippen LogP contribution in [-0.4, -0.2) is 67.0 Å². The minimum Gasteiger partial charge on any atom is -0.379 e. The summed E-state index contributed by atoms with van der Waals surface area (Å²) in [5.74, 6) is 0.0370. The van der Waals surface area contributed by atoms with Crippen LogP contribution in [0.25, 0.3) is 0 Å². The lowest BCUT2D eigenvalue weighted by atomic mass is 10.4. The number of hydrogen-bond donors (Lipinski definition) is 0. The van der Waals surface area contributed by atoms with Crippen LogP contribution < -0.4 is 0 Å². The number of hydrogen-bond acceptors (Lipinski definition) is 7. The number of aromatic nitrogens is 3. The molecule has 8 nitrogen and oxygen atoms in total. The molecule has 0 fully saturated rings. The number of carbonyl (C=O) groups excluding carboxylic acids is 1. The Morgan fingerprint density at radius 2 is 1.42 bits per heavy atom. The minimum atomic E-state index is 0.0370. The van der Waals surface area contributed by atoms with Crippen molar-refractivity contribution in [3.05, 3.63) is 11.9 Å². The summed E-state index contributed by atoms with van der Waals surface area (Å²) in [6, 6.07) is 0. The zero-order valence-electron chi connectivity index (χ0n) is 16.7. The van der Waals surface area contributed by atoms with Gasteiger partial charge >= 0.3 is 0 Å². The topological polar surface area (TPSA) is 84.7 Å². The maximum atomic E-state index is 10.9. The fourth-order valence-electron chi connectivity index (χ4n) is 1.69. The van der Waals surface area contributed by atoms with Gasteiger partial charge in [-0.15, -0.1) is 5.10 Å². The average molecular weight is 373 g/mol. The van der Waals surface area contributed by atoms with Crippen molar-refractivity contribution in [3.63, 3.8) is 0 Å². The van der Waals surface area contributed by atoms with Gasteiger partial charge in [0.1, 0.15) is 12.2 Å². The van der Waals surface area contributed by atoms with Gasteiger partial charge in [-0.3, -0.25) is 4.79 Å². The Balaban J connectivity index is 0.00000194. The number of carbonyl (C=O) groups is 1. The standard InChI is InChI=1S/C15H27N3O5.C3H8/c1-3-4-20-5-6-21-7-8-22-9-10-23-13-15-12-18(17-16-15)11-14(2)19;1-3-2/h12H,3-11,13H2,1-2H3;3H2,1-2H3. The molecule has 0 bridgehead atoms. The molecule has 0 spiro atoms. The maximum Gasteiger partial charge on any atom is 0.151 e. The molecule has 1 rings (SSSR count). The van der Waals surface area contributed by atoms with Crippen molar-refractivity contribution in [2.75, 3.05) is 46.2 Å². The summed E-state index contributed by atoms with van der Waals surface area (Å²) < 4.78 is 22.9. The Morgan fingerprint density at radius 3 is 1.92 bits per heavy atom. The summed E-state index contributed by atoms with van der Waals surface area (Å²) in [6.07, 6.45) is 3.98. The van der Waals surface area contributed by atoms with Crippen LogP contribution in [0.3, 0.4) is 0 Å². The number of rotatable bonds is 15. The molecular weight excluding hydrogens is 338 g/mol. The summed E-state index contributed by atoms with van der Waals surface area (Å²) in [4.78, 5) is 10.9. The van der Waals surface area contributed by atoms with Crippen LogP contribution in [0.2, 0.25) is 0 Å². The predicted octanol–water partition coefficient (Wildman–Crippen LogP) is 2.26. The maximum absolute atomic E-state index is 10.9. The molecule has 0 atom stereocenters. The lowest BCUT2D eigenvalue weighted by molar-refractivity contribution is -0.117. The quantitative estimate of drug-likeness (QED) is 0.436. The Labute approximate surface area is 157 Å². The minimum absolute atomic E-state index is 0.0370. The van der Waals surface area contributed by atoms with Crippen LogP contribution in [0.4, 0.5) is 0 Å². The molecule has 0 unspecified atom stereocenters. The molecule has 152 valence electrons. The van der Waals surface area contributed by atoms with Crippen molar-refractivity contribution in [1.82, 2.24) is 15.0 Å². The molecule has 0 aliphatic carbocycles. The molecule has 0 aliphatic heterocycles. The molecule has 0 saturated carbocycles. The van der Waals surface area contributed by atoms with E-state index in [1.165, 1.54) is 18.0 Å². The van der Waals surface area contributed by atoms with Crippen LogP contribution in [0.15, 0.2) is 6.20 Å². The second-order valence-corrected chi connectivity index (χ2v) is 5.71. The summed E-state index contributed by atoms with van der Waals surface area (Å²) in [5.41, 5.74) is 0.696. The van der Waals surface area contributed by atoms with E-state index < -0.39 is 0 Å². The van der Waals surface area contributed by atoms with Gasteiger partial charge in [0.15, 0.2) is 5.78 Å². The van der Waals surface area contributed by atoms with E-state index in [-0.39, 0.29) is 12.3 Å². The zero-order valence-corrected chi connectivity index (χ0v) is 16.7. The second-order valence-electron chi connectivity index (χ2n) is 5.71. The Kier molecular flexibility index (Phi) is 17.5. The van der Waals surface area contributed by atoms with E-state index in [0.717, 1.165) is 13.0 Å². The number of ketones is 1. The van der Waals surface area contributed by atoms with E-state index in [9.17, 15) is 4.79 Å². The molecule has 26 heavy (non-hydrogen) atoms. The lowest BCUT2D eigenvalue weighted by Gasteiger charge is -2.06. The SMILES string of the molecule is CCC.CCCOCCOCCOCCOCc1cn(CC(C)=O)nn1. The third kappa shape index (κ3) is 16.1. The summed E-state index contributed by atoms with van der Waals surface area (Å²) in [5, 5.41) is 7.76. The van der Waals surface area contributed by atoms with Crippen LogP contribution in [0.1, 0.15) is 46.2 Å². The van der Waals surface area contributed by atoms with Crippen molar-refractivity contribution < 1.29 is 23.7 Å². The average Bonchev–Trinajstić information content (AvgIpc) is 3.03. The fraction of sp³-hybridized carbons (Fsp3) is 0.833. The van der Waals surface area contributed by atoms with Crippen LogP contribution >= 0.6 is 0 Å². The molecule has 1 heterocycles. The smallest absolute Gasteiger partial charge is 0.151 e. The number of Topliss-reactive ketones (excluding diaryl/α,β-unsaturated/α-hetero) is 1. The largest absolute Gasteiger partial charge is 0.379 e. The van der Waals surface area contributed by atoms with Crippen molar-refractivity contribution in [2.24, 2.45) is 0 Å². The zero-order chi connectivity index (χ0) is 19.5. The van der Waals surface area contributed by atoms with Crippen molar-refractivity contribution in [1.29, 1.82) is 0 Å². The van der Waals surface area contributed by atoms with Crippen molar-refractivity contribution >= 4 is 5.78 Å². The van der Waals surface area contributed by atoms with Gasteiger partial charge in [0.05, 0.1) is 52.4 Å². The van der Waals surface area contributed by atoms with E-state index in [4.69, 9.17) is 18.9 Å². The molecule has 0 aliphatic rings. The third-order valence-electron chi connectivity index (χ3n) is 2.69. The van der Waals surface area contributed by atoms with Crippen LogP contribution in [-0.2, 0) is 36.9 Å².